The number of ether oxygens (including phenoxy) is 2. The topological polar surface area (TPSA) is 167 Å². The quantitative estimate of drug-likeness (QED) is 0.126. The molecule has 0 atom stereocenters. The number of hydrogen-bond donors (Lipinski definition) is 4. The molecule has 3 aromatic carbocycles. The minimum atomic E-state index is -1.12. The summed E-state index contributed by atoms with van der Waals surface area (Å²) in [6.07, 6.45) is 0.234. The van der Waals surface area contributed by atoms with Crippen molar-refractivity contribution in [3.8, 4) is 11.5 Å². The lowest BCUT2D eigenvalue weighted by Gasteiger charge is -2.32. The van der Waals surface area contributed by atoms with Crippen LogP contribution in [0.4, 0.5) is 21.9 Å². The Morgan fingerprint density at radius 1 is 0.804 bits per heavy atom. The van der Waals surface area contributed by atoms with Gasteiger partial charge in [0.05, 0.1) is 32.7 Å². The number of carboxylic acids is 1. The van der Waals surface area contributed by atoms with Gasteiger partial charge in [0.15, 0.2) is 17.3 Å². The fraction of sp³-hybridized carbons (Fsp3) is 0.395. The fourth-order valence-electron chi connectivity index (χ4n) is 5.04. The zero-order valence-corrected chi connectivity index (χ0v) is 30.4. The zero-order chi connectivity index (χ0) is 37.7. The number of carboxylic acid groups (broad SMARTS) is 1. The van der Waals surface area contributed by atoms with Crippen molar-refractivity contribution in [1.82, 2.24) is 9.80 Å². The number of methoxy groups -OCH3 is 2. The third-order valence-electron chi connectivity index (χ3n) is 8.19. The lowest BCUT2D eigenvalue weighted by molar-refractivity contribution is -0.139. The van der Waals surface area contributed by atoms with E-state index in [1.807, 2.05) is 45.0 Å². The van der Waals surface area contributed by atoms with Crippen molar-refractivity contribution in [1.29, 1.82) is 0 Å². The maximum atomic E-state index is 13.8. The lowest BCUT2D eigenvalue weighted by atomic mass is 9.97. The SMILES string of the molecule is COc1ccc(C(=O)N(CCC(=O)O)CC(=O)N(CCC(C)C)CC(=O)C(C)(C)Nc2ccc(NC(=O)Nc3ccccc3C)cc2)cc1OC. The van der Waals surface area contributed by atoms with Crippen molar-refractivity contribution in [2.45, 2.75) is 53.0 Å². The lowest BCUT2D eigenvalue weighted by Crippen LogP contribution is -2.50. The predicted molar refractivity (Wildman–Crippen MR) is 197 cm³/mol. The molecule has 51 heavy (non-hydrogen) atoms. The van der Waals surface area contributed by atoms with E-state index in [1.54, 1.807) is 44.2 Å². The number of rotatable bonds is 18. The first-order valence-corrected chi connectivity index (χ1v) is 16.7. The Morgan fingerprint density at radius 2 is 1.45 bits per heavy atom. The molecule has 0 saturated carbocycles. The minimum Gasteiger partial charge on any atom is -0.493 e. The number of ketones is 1. The highest BCUT2D eigenvalue weighted by Crippen LogP contribution is 2.28. The van der Waals surface area contributed by atoms with E-state index in [9.17, 15) is 29.1 Å². The van der Waals surface area contributed by atoms with Gasteiger partial charge in [0, 0.05) is 35.7 Å². The van der Waals surface area contributed by atoms with Crippen LogP contribution >= 0.6 is 0 Å². The molecule has 0 aromatic heterocycles. The van der Waals surface area contributed by atoms with Crippen LogP contribution in [0.2, 0.25) is 0 Å². The van der Waals surface area contributed by atoms with Gasteiger partial charge in [-0.15, -0.1) is 0 Å². The Kier molecular flexibility index (Phi) is 14.4. The number of Topliss-reactive ketones (excluding diaryl/α,β-unsaturated/α-hetero) is 1. The average Bonchev–Trinajstić information content (AvgIpc) is 3.09. The Bertz CT molecular complexity index is 1690. The average molecular weight is 704 g/mol. The van der Waals surface area contributed by atoms with Crippen LogP contribution in [0.5, 0.6) is 11.5 Å². The second kappa shape index (κ2) is 18.4. The van der Waals surface area contributed by atoms with Crippen LogP contribution in [0, 0.1) is 12.8 Å². The van der Waals surface area contributed by atoms with Crippen LogP contribution in [0.3, 0.4) is 0 Å². The van der Waals surface area contributed by atoms with E-state index in [2.05, 4.69) is 16.0 Å². The molecule has 3 aromatic rings. The molecular formula is C38H49N5O8. The number of aliphatic carboxylic acids is 1. The maximum Gasteiger partial charge on any atom is 0.323 e. The highest BCUT2D eigenvalue weighted by Gasteiger charge is 2.31. The van der Waals surface area contributed by atoms with Gasteiger partial charge in [0.1, 0.15) is 6.54 Å². The van der Waals surface area contributed by atoms with Crippen molar-refractivity contribution < 1.29 is 38.6 Å². The largest absolute Gasteiger partial charge is 0.493 e. The molecule has 0 aliphatic rings. The van der Waals surface area contributed by atoms with E-state index in [0.29, 0.717) is 35.0 Å². The number of nitrogens with zero attached hydrogens (tertiary/aromatic N) is 2. The number of urea groups is 1. The predicted octanol–water partition coefficient (Wildman–Crippen LogP) is 5.91. The van der Waals surface area contributed by atoms with Crippen LogP contribution < -0.4 is 25.4 Å². The van der Waals surface area contributed by atoms with Crippen molar-refractivity contribution in [3.05, 3.63) is 77.9 Å². The molecule has 0 aliphatic heterocycles. The molecule has 4 amide bonds. The first-order chi connectivity index (χ1) is 24.1. The summed E-state index contributed by atoms with van der Waals surface area (Å²) in [5.74, 6) is -1.51. The van der Waals surface area contributed by atoms with Gasteiger partial charge in [-0.1, -0.05) is 32.0 Å². The van der Waals surface area contributed by atoms with E-state index in [1.165, 1.54) is 36.2 Å². The van der Waals surface area contributed by atoms with Crippen LogP contribution in [-0.2, 0) is 14.4 Å². The van der Waals surface area contributed by atoms with Crippen molar-refractivity contribution in [2.75, 3.05) is 56.3 Å². The number of carbonyl (C=O) groups excluding carboxylic acids is 4. The third-order valence-corrected chi connectivity index (χ3v) is 8.19. The second-order valence-electron chi connectivity index (χ2n) is 13.1. The standard InChI is InChI=1S/C38H49N5O8/c1-25(2)18-20-42(34(45)24-43(21-19-35(46)47)36(48)27-12-17-31(50-6)32(22-27)51-7)23-33(44)38(4,5)41-29-15-13-28(14-16-29)39-37(49)40-30-11-9-8-10-26(30)3/h8-17,22,25,41H,18-21,23-24H2,1-7H3,(H,46,47)(H2,39,40,49). The van der Waals surface area contributed by atoms with Crippen molar-refractivity contribution in [2.24, 2.45) is 5.92 Å². The molecule has 0 saturated heterocycles. The molecule has 0 spiro atoms. The second-order valence-corrected chi connectivity index (χ2v) is 13.1. The summed E-state index contributed by atoms with van der Waals surface area (Å²) in [4.78, 5) is 67.6. The van der Waals surface area contributed by atoms with Gasteiger partial charge in [0.25, 0.3) is 5.91 Å². The molecule has 0 heterocycles. The Labute approximate surface area is 299 Å². The zero-order valence-electron chi connectivity index (χ0n) is 30.4. The summed E-state index contributed by atoms with van der Waals surface area (Å²) in [5, 5.41) is 18.2. The number of carbonyl (C=O) groups is 5. The van der Waals surface area contributed by atoms with Gasteiger partial charge in [-0.3, -0.25) is 19.2 Å². The first kappa shape index (κ1) is 39.8. The molecule has 4 N–H and O–H groups in total. The number of hydrogen-bond acceptors (Lipinski definition) is 8. The van der Waals surface area contributed by atoms with Crippen molar-refractivity contribution >= 4 is 46.7 Å². The van der Waals surface area contributed by atoms with Crippen molar-refractivity contribution in [3.63, 3.8) is 0 Å². The highest BCUT2D eigenvalue weighted by molar-refractivity contribution is 6.01. The fourth-order valence-corrected chi connectivity index (χ4v) is 5.04. The van der Waals surface area contributed by atoms with Gasteiger partial charge < -0.3 is 40.3 Å². The number of benzene rings is 3. The Balaban J connectivity index is 1.72. The monoisotopic (exact) mass is 703 g/mol. The number of nitrogens with one attached hydrogen (secondary N) is 3. The van der Waals surface area contributed by atoms with E-state index in [0.717, 1.165) is 5.56 Å². The van der Waals surface area contributed by atoms with E-state index in [-0.39, 0.29) is 43.3 Å². The molecule has 274 valence electrons. The normalized spacial score (nSPS) is 11.0. The van der Waals surface area contributed by atoms with Crippen LogP contribution in [0.15, 0.2) is 66.7 Å². The molecule has 3 rings (SSSR count). The van der Waals surface area contributed by atoms with Crippen LogP contribution in [0.25, 0.3) is 0 Å². The van der Waals surface area contributed by atoms with Crippen LogP contribution in [-0.4, -0.2) is 90.4 Å². The summed E-state index contributed by atoms with van der Waals surface area (Å²) in [5.41, 5.74) is 1.89. The van der Waals surface area contributed by atoms with Crippen LogP contribution in [0.1, 0.15) is 56.5 Å². The van der Waals surface area contributed by atoms with Gasteiger partial charge in [-0.25, -0.2) is 4.79 Å². The molecule has 0 bridgehead atoms. The number of amides is 4. The molecule has 13 nitrogen and oxygen atoms in total. The number of anilines is 3. The first-order valence-electron chi connectivity index (χ1n) is 16.7. The summed E-state index contributed by atoms with van der Waals surface area (Å²) in [7, 11) is 2.89. The molecule has 0 radical (unpaired) electrons. The van der Waals surface area contributed by atoms with Gasteiger partial charge >= 0.3 is 12.0 Å². The number of para-hydroxylation sites is 1. The van der Waals surface area contributed by atoms with E-state index in [4.69, 9.17) is 9.47 Å². The molecular weight excluding hydrogens is 654 g/mol. The van der Waals surface area contributed by atoms with Gasteiger partial charge in [0.2, 0.25) is 5.91 Å². The Hall–Kier alpha value is -5.59. The highest BCUT2D eigenvalue weighted by atomic mass is 16.5. The summed E-state index contributed by atoms with van der Waals surface area (Å²) < 4.78 is 10.6. The minimum absolute atomic E-state index is 0.189. The molecule has 0 unspecified atom stereocenters. The molecule has 0 fully saturated rings. The smallest absolute Gasteiger partial charge is 0.323 e. The molecule has 13 heteroatoms. The summed E-state index contributed by atoms with van der Waals surface area (Å²) in [6, 6.07) is 18.5. The third kappa shape index (κ3) is 12.1. The summed E-state index contributed by atoms with van der Waals surface area (Å²) in [6.45, 7) is 8.71. The molecule has 0 aliphatic carbocycles. The maximum absolute atomic E-state index is 13.8. The van der Waals surface area contributed by atoms with E-state index >= 15 is 0 Å². The Morgan fingerprint density at radius 3 is 2.06 bits per heavy atom. The van der Waals surface area contributed by atoms with Gasteiger partial charge in [-0.2, -0.15) is 0 Å². The van der Waals surface area contributed by atoms with E-state index < -0.39 is 35.9 Å². The van der Waals surface area contributed by atoms with Gasteiger partial charge in [-0.05, 0) is 87.2 Å². The number of aryl methyl sites for hydroxylation is 1. The summed E-state index contributed by atoms with van der Waals surface area (Å²) >= 11 is 0.